The molecule has 1 amide bonds. The summed E-state index contributed by atoms with van der Waals surface area (Å²) < 4.78 is 0. The van der Waals surface area contributed by atoms with Crippen molar-refractivity contribution in [2.24, 2.45) is 16.3 Å². The predicted octanol–water partition coefficient (Wildman–Crippen LogP) is 1.30. The van der Waals surface area contributed by atoms with Crippen molar-refractivity contribution in [3.8, 4) is 0 Å². The van der Waals surface area contributed by atoms with Crippen LogP contribution < -0.4 is 11.1 Å². The van der Waals surface area contributed by atoms with Crippen molar-refractivity contribution < 1.29 is 10.0 Å². The fourth-order valence-electron chi connectivity index (χ4n) is 2.85. The third kappa shape index (κ3) is 2.58. The van der Waals surface area contributed by atoms with Gasteiger partial charge in [-0.3, -0.25) is 4.79 Å². The number of amides is 1. The summed E-state index contributed by atoms with van der Waals surface area (Å²) in [4.78, 5) is 12.4. The maximum absolute atomic E-state index is 12.4. The molecule has 2 rings (SSSR count). The topological polar surface area (TPSA) is 87.7 Å². The molecule has 0 aromatic carbocycles. The van der Waals surface area contributed by atoms with Gasteiger partial charge >= 0.3 is 0 Å². The van der Waals surface area contributed by atoms with Crippen LogP contribution >= 0.6 is 11.8 Å². The zero-order valence-electron chi connectivity index (χ0n) is 10.5. The number of nitrogens with one attached hydrogen (secondary N) is 1. The quantitative estimate of drug-likeness (QED) is 0.312. The largest absolute Gasteiger partial charge is 0.409 e. The van der Waals surface area contributed by atoms with Crippen LogP contribution in [0.2, 0.25) is 0 Å². The molecular weight excluding hydrogens is 250 g/mol. The lowest BCUT2D eigenvalue weighted by Gasteiger charge is -2.30. The molecule has 0 spiro atoms. The van der Waals surface area contributed by atoms with Crippen LogP contribution in [0.15, 0.2) is 5.16 Å². The monoisotopic (exact) mass is 271 g/mol. The molecule has 1 unspecified atom stereocenters. The van der Waals surface area contributed by atoms with Crippen LogP contribution in [0, 0.1) is 5.41 Å². The highest BCUT2D eigenvalue weighted by Gasteiger charge is 2.45. The van der Waals surface area contributed by atoms with Crippen LogP contribution in [-0.4, -0.2) is 34.5 Å². The zero-order chi connectivity index (χ0) is 13.0. The van der Waals surface area contributed by atoms with E-state index in [0.717, 1.165) is 31.4 Å². The molecule has 1 aliphatic carbocycles. The molecule has 5 nitrogen and oxygen atoms in total. The lowest BCUT2D eigenvalue weighted by molar-refractivity contribution is -0.128. The lowest BCUT2D eigenvalue weighted by Crippen LogP contribution is -2.52. The molecule has 0 radical (unpaired) electrons. The number of thioether (sulfide) groups is 1. The van der Waals surface area contributed by atoms with E-state index in [1.165, 1.54) is 5.75 Å². The third-order valence-corrected chi connectivity index (χ3v) is 5.20. The van der Waals surface area contributed by atoms with Gasteiger partial charge in [-0.15, -0.1) is 0 Å². The van der Waals surface area contributed by atoms with Gasteiger partial charge in [0.2, 0.25) is 5.91 Å². The Labute approximate surface area is 112 Å². The summed E-state index contributed by atoms with van der Waals surface area (Å²) in [6.07, 6.45) is 5.48. The van der Waals surface area contributed by atoms with Gasteiger partial charge in [0.25, 0.3) is 0 Å². The predicted molar refractivity (Wildman–Crippen MR) is 72.8 cm³/mol. The van der Waals surface area contributed by atoms with Gasteiger partial charge in [0.05, 0.1) is 0 Å². The van der Waals surface area contributed by atoms with E-state index < -0.39 is 5.41 Å². The maximum Gasteiger partial charge on any atom is 0.234 e. The molecule has 0 aromatic heterocycles. The molecule has 2 aliphatic rings. The standard InChI is InChI=1S/C12H21N3O2S/c13-10(15-17)12(5-1-2-6-12)11(16)14-9-4-3-7-18-8-9/h9,17H,1-8H2,(H2,13,15)(H,14,16). The summed E-state index contributed by atoms with van der Waals surface area (Å²) in [6.45, 7) is 0. The molecule has 0 bridgehead atoms. The highest BCUT2D eigenvalue weighted by molar-refractivity contribution is 7.99. The second-order valence-corrected chi connectivity index (χ2v) is 6.31. The molecule has 1 heterocycles. The molecule has 6 heteroatoms. The number of oxime groups is 1. The van der Waals surface area contributed by atoms with Crippen molar-refractivity contribution >= 4 is 23.5 Å². The van der Waals surface area contributed by atoms with Crippen molar-refractivity contribution in [2.45, 2.75) is 44.6 Å². The highest BCUT2D eigenvalue weighted by atomic mass is 32.2. The molecule has 0 aromatic rings. The van der Waals surface area contributed by atoms with Crippen LogP contribution in [0.25, 0.3) is 0 Å². The van der Waals surface area contributed by atoms with E-state index in [0.29, 0.717) is 12.8 Å². The summed E-state index contributed by atoms with van der Waals surface area (Å²) in [7, 11) is 0. The van der Waals surface area contributed by atoms with Gasteiger partial charge in [-0.25, -0.2) is 0 Å². The Kier molecular flexibility index (Phi) is 4.37. The Morgan fingerprint density at radius 1 is 1.39 bits per heavy atom. The number of hydrogen-bond acceptors (Lipinski definition) is 4. The Hall–Kier alpha value is -0.910. The van der Waals surface area contributed by atoms with Gasteiger partial charge in [0.1, 0.15) is 5.41 Å². The van der Waals surface area contributed by atoms with Crippen LogP contribution in [-0.2, 0) is 4.79 Å². The van der Waals surface area contributed by atoms with Gasteiger partial charge in [-0.2, -0.15) is 11.8 Å². The van der Waals surface area contributed by atoms with E-state index in [1.54, 1.807) is 0 Å². The van der Waals surface area contributed by atoms with Gasteiger partial charge in [-0.1, -0.05) is 18.0 Å². The minimum absolute atomic E-state index is 0.0530. The number of hydrogen-bond donors (Lipinski definition) is 3. The lowest BCUT2D eigenvalue weighted by atomic mass is 9.83. The summed E-state index contributed by atoms with van der Waals surface area (Å²) in [5, 5.41) is 15.1. The molecular formula is C12H21N3O2S. The average molecular weight is 271 g/mol. The summed E-state index contributed by atoms with van der Waals surface area (Å²) >= 11 is 1.88. The molecule has 1 saturated heterocycles. The van der Waals surface area contributed by atoms with Gasteiger partial charge in [0, 0.05) is 11.8 Å². The first kappa shape index (κ1) is 13.5. The van der Waals surface area contributed by atoms with E-state index in [-0.39, 0.29) is 17.8 Å². The maximum atomic E-state index is 12.4. The van der Waals surface area contributed by atoms with E-state index in [2.05, 4.69) is 10.5 Å². The minimum Gasteiger partial charge on any atom is -0.409 e. The summed E-state index contributed by atoms with van der Waals surface area (Å²) in [5.74, 6) is 2.17. The zero-order valence-corrected chi connectivity index (χ0v) is 11.3. The number of rotatable bonds is 3. The van der Waals surface area contributed by atoms with E-state index in [1.807, 2.05) is 11.8 Å². The number of amidine groups is 1. The van der Waals surface area contributed by atoms with Crippen LogP contribution in [0.4, 0.5) is 0 Å². The first-order valence-electron chi connectivity index (χ1n) is 6.56. The molecule has 102 valence electrons. The number of carbonyl (C=O) groups is 1. The van der Waals surface area contributed by atoms with Crippen LogP contribution in [0.5, 0.6) is 0 Å². The first-order valence-corrected chi connectivity index (χ1v) is 7.71. The van der Waals surface area contributed by atoms with Crippen molar-refractivity contribution in [3.63, 3.8) is 0 Å². The average Bonchev–Trinajstić information content (AvgIpc) is 2.89. The molecule has 2 fully saturated rings. The fourth-order valence-corrected chi connectivity index (χ4v) is 3.92. The molecule has 4 N–H and O–H groups in total. The number of nitrogens with zero attached hydrogens (tertiary/aromatic N) is 1. The van der Waals surface area contributed by atoms with E-state index in [4.69, 9.17) is 10.9 Å². The van der Waals surface area contributed by atoms with Crippen molar-refractivity contribution in [2.75, 3.05) is 11.5 Å². The second kappa shape index (κ2) is 5.82. The van der Waals surface area contributed by atoms with Crippen LogP contribution in [0.3, 0.4) is 0 Å². The Morgan fingerprint density at radius 2 is 2.11 bits per heavy atom. The van der Waals surface area contributed by atoms with Gasteiger partial charge in [0.15, 0.2) is 5.84 Å². The SMILES string of the molecule is NC(=NO)C1(C(=O)NC2CCCSC2)CCCC1. The smallest absolute Gasteiger partial charge is 0.234 e. The molecule has 1 aliphatic heterocycles. The molecule has 1 saturated carbocycles. The second-order valence-electron chi connectivity index (χ2n) is 5.16. The van der Waals surface area contributed by atoms with Crippen molar-refractivity contribution in [3.05, 3.63) is 0 Å². The van der Waals surface area contributed by atoms with Crippen molar-refractivity contribution in [1.29, 1.82) is 0 Å². The fraction of sp³-hybridized carbons (Fsp3) is 0.833. The molecule has 18 heavy (non-hydrogen) atoms. The Balaban J connectivity index is 2.04. The first-order chi connectivity index (χ1) is 8.69. The summed E-state index contributed by atoms with van der Waals surface area (Å²) in [6, 6.07) is 0.236. The van der Waals surface area contributed by atoms with E-state index >= 15 is 0 Å². The van der Waals surface area contributed by atoms with Crippen molar-refractivity contribution in [1.82, 2.24) is 5.32 Å². The Morgan fingerprint density at radius 3 is 2.67 bits per heavy atom. The van der Waals surface area contributed by atoms with E-state index in [9.17, 15) is 4.79 Å². The normalized spacial score (nSPS) is 28.0. The summed E-state index contributed by atoms with van der Waals surface area (Å²) in [5.41, 5.74) is 4.99. The Bertz CT molecular complexity index is 334. The van der Waals surface area contributed by atoms with Gasteiger partial charge < -0.3 is 16.3 Å². The number of nitrogens with two attached hydrogens (primary N) is 1. The molecule has 1 atom stereocenters. The highest BCUT2D eigenvalue weighted by Crippen LogP contribution is 2.39. The van der Waals surface area contributed by atoms with Crippen LogP contribution in [0.1, 0.15) is 38.5 Å². The third-order valence-electron chi connectivity index (χ3n) is 3.99. The minimum atomic E-state index is -0.767. The van der Waals surface area contributed by atoms with Gasteiger partial charge in [-0.05, 0) is 31.4 Å². The number of carbonyl (C=O) groups excluding carboxylic acids is 1.